The first kappa shape index (κ1) is 22.2. The van der Waals surface area contributed by atoms with Crippen molar-refractivity contribution in [3.8, 4) is 17.1 Å². The maximum atomic E-state index is 12.6. The van der Waals surface area contributed by atoms with Crippen molar-refractivity contribution < 1.29 is 9.53 Å². The van der Waals surface area contributed by atoms with E-state index in [0.29, 0.717) is 18.2 Å². The van der Waals surface area contributed by atoms with Crippen LogP contribution in [-0.2, 0) is 11.3 Å². The summed E-state index contributed by atoms with van der Waals surface area (Å²) in [5.74, 6) is 1.56. The SMILES string of the molecule is C=CCn1c(S[C@H](C)C(=O)NCCC2=CCCCC2)nnc1-c1ccc(OC)cc1. The van der Waals surface area contributed by atoms with E-state index in [9.17, 15) is 4.79 Å². The van der Waals surface area contributed by atoms with E-state index in [0.717, 1.165) is 23.6 Å². The topological polar surface area (TPSA) is 69.0 Å². The molecule has 0 spiro atoms. The molecule has 1 amide bonds. The quantitative estimate of drug-likeness (QED) is 0.443. The summed E-state index contributed by atoms with van der Waals surface area (Å²) in [5, 5.41) is 12.2. The average Bonchev–Trinajstić information content (AvgIpc) is 3.17. The Kier molecular flexibility index (Phi) is 8.13. The molecule has 1 aliphatic carbocycles. The summed E-state index contributed by atoms with van der Waals surface area (Å²) in [4.78, 5) is 12.6. The summed E-state index contributed by atoms with van der Waals surface area (Å²) in [7, 11) is 1.64. The number of benzene rings is 1. The lowest BCUT2D eigenvalue weighted by Crippen LogP contribution is -2.32. The van der Waals surface area contributed by atoms with Gasteiger partial charge in [-0.3, -0.25) is 9.36 Å². The summed E-state index contributed by atoms with van der Waals surface area (Å²) in [6, 6.07) is 7.69. The molecule has 7 heteroatoms. The van der Waals surface area contributed by atoms with E-state index in [2.05, 4.69) is 28.2 Å². The number of aromatic nitrogens is 3. The van der Waals surface area contributed by atoms with Crippen LogP contribution in [0.2, 0.25) is 0 Å². The smallest absolute Gasteiger partial charge is 0.233 e. The minimum Gasteiger partial charge on any atom is -0.497 e. The van der Waals surface area contributed by atoms with Crippen molar-refractivity contribution in [2.75, 3.05) is 13.7 Å². The highest BCUT2D eigenvalue weighted by atomic mass is 32.2. The lowest BCUT2D eigenvalue weighted by Gasteiger charge is -2.15. The number of carbonyl (C=O) groups excluding carboxylic acids is 1. The summed E-state index contributed by atoms with van der Waals surface area (Å²) in [6.45, 7) is 7.01. The van der Waals surface area contributed by atoms with Gasteiger partial charge in [-0.25, -0.2) is 0 Å². The van der Waals surface area contributed by atoms with Crippen molar-refractivity contribution in [1.82, 2.24) is 20.1 Å². The van der Waals surface area contributed by atoms with Crippen LogP contribution in [-0.4, -0.2) is 39.6 Å². The van der Waals surface area contributed by atoms with Gasteiger partial charge >= 0.3 is 0 Å². The van der Waals surface area contributed by atoms with Crippen LogP contribution in [0.15, 0.2) is 53.7 Å². The minimum absolute atomic E-state index is 0.0237. The highest BCUT2D eigenvalue weighted by molar-refractivity contribution is 8.00. The van der Waals surface area contributed by atoms with E-state index in [-0.39, 0.29) is 11.2 Å². The fraction of sp³-hybridized carbons (Fsp3) is 0.435. The second kappa shape index (κ2) is 11.0. The van der Waals surface area contributed by atoms with E-state index in [1.165, 1.54) is 43.0 Å². The molecule has 0 aliphatic heterocycles. The third-order valence-corrected chi connectivity index (χ3v) is 6.24. The van der Waals surface area contributed by atoms with Crippen LogP contribution >= 0.6 is 11.8 Å². The number of methoxy groups -OCH3 is 1. The van der Waals surface area contributed by atoms with E-state index < -0.39 is 0 Å². The van der Waals surface area contributed by atoms with Gasteiger partial charge in [-0.05, 0) is 63.3 Å². The van der Waals surface area contributed by atoms with Gasteiger partial charge in [-0.2, -0.15) is 0 Å². The van der Waals surface area contributed by atoms with E-state index in [4.69, 9.17) is 4.74 Å². The highest BCUT2D eigenvalue weighted by Gasteiger charge is 2.20. The molecule has 1 aromatic heterocycles. The van der Waals surface area contributed by atoms with Gasteiger partial charge in [0.15, 0.2) is 11.0 Å². The van der Waals surface area contributed by atoms with Crippen molar-refractivity contribution >= 4 is 17.7 Å². The fourth-order valence-corrected chi connectivity index (χ4v) is 4.34. The van der Waals surface area contributed by atoms with Crippen molar-refractivity contribution in [3.05, 3.63) is 48.6 Å². The summed E-state index contributed by atoms with van der Waals surface area (Å²) < 4.78 is 7.21. The molecule has 0 radical (unpaired) electrons. The molecule has 1 heterocycles. The monoisotopic (exact) mass is 426 g/mol. The molecule has 0 saturated carbocycles. The number of carbonyl (C=O) groups is 1. The molecule has 2 aromatic rings. The predicted molar refractivity (Wildman–Crippen MR) is 122 cm³/mol. The first-order valence-corrected chi connectivity index (χ1v) is 11.3. The number of nitrogens with zero attached hydrogens (tertiary/aromatic N) is 3. The molecule has 0 bridgehead atoms. The van der Waals surface area contributed by atoms with Gasteiger partial charge < -0.3 is 10.1 Å². The number of nitrogens with one attached hydrogen (secondary N) is 1. The van der Waals surface area contributed by atoms with Gasteiger partial charge in [0.25, 0.3) is 0 Å². The first-order chi connectivity index (χ1) is 14.6. The van der Waals surface area contributed by atoms with Gasteiger partial charge in [0, 0.05) is 18.7 Å². The molecule has 1 aliphatic rings. The Bertz CT molecular complexity index is 889. The van der Waals surface area contributed by atoms with Gasteiger partial charge in [0.1, 0.15) is 5.75 Å². The Labute approximate surface area is 182 Å². The molecular weight excluding hydrogens is 396 g/mol. The molecule has 0 fully saturated rings. The highest BCUT2D eigenvalue weighted by Crippen LogP contribution is 2.28. The molecule has 30 heavy (non-hydrogen) atoms. The van der Waals surface area contributed by atoms with Gasteiger partial charge in [0.05, 0.1) is 12.4 Å². The van der Waals surface area contributed by atoms with Gasteiger partial charge in [0.2, 0.25) is 5.91 Å². The maximum absolute atomic E-state index is 12.6. The van der Waals surface area contributed by atoms with Crippen LogP contribution in [0, 0.1) is 0 Å². The van der Waals surface area contributed by atoms with Crippen molar-refractivity contribution in [2.24, 2.45) is 0 Å². The minimum atomic E-state index is -0.262. The largest absolute Gasteiger partial charge is 0.497 e. The summed E-state index contributed by atoms with van der Waals surface area (Å²) >= 11 is 1.42. The second-order valence-electron chi connectivity index (χ2n) is 7.34. The number of hydrogen-bond acceptors (Lipinski definition) is 5. The summed E-state index contributed by atoms with van der Waals surface area (Å²) in [6.07, 6.45) is 9.96. The van der Waals surface area contributed by atoms with E-state index in [1.807, 2.05) is 41.8 Å². The molecule has 0 saturated heterocycles. The Morgan fingerprint density at radius 2 is 2.13 bits per heavy atom. The van der Waals surface area contributed by atoms with Crippen molar-refractivity contribution in [2.45, 2.75) is 56.0 Å². The summed E-state index contributed by atoms with van der Waals surface area (Å²) in [5.41, 5.74) is 2.41. The van der Waals surface area contributed by atoms with E-state index >= 15 is 0 Å². The molecule has 1 N–H and O–H groups in total. The van der Waals surface area contributed by atoms with E-state index in [1.54, 1.807) is 7.11 Å². The number of ether oxygens (including phenoxy) is 1. The zero-order chi connectivity index (χ0) is 21.3. The van der Waals surface area contributed by atoms with Crippen LogP contribution < -0.4 is 10.1 Å². The molecule has 0 unspecified atom stereocenters. The zero-order valence-corrected chi connectivity index (χ0v) is 18.6. The number of amides is 1. The number of thioether (sulfide) groups is 1. The number of hydrogen-bond donors (Lipinski definition) is 1. The molecule has 3 rings (SSSR count). The van der Waals surface area contributed by atoms with Crippen LogP contribution in [0.1, 0.15) is 39.0 Å². The normalized spacial score (nSPS) is 14.7. The third kappa shape index (κ3) is 5.75. The Balaban J connectivity index is 1.62. The zero-order valence-electron chi connectivity index (χ0n) is 17.8. The Morgan fingerprint density at radius 3 is 2.80 bits per heavy atom. The molecule has 1 atom stereocenters. The number of allylic oxidation sites excluding steroid dienone is 2. The second-order valence-corrected chi connectivity index (χ2v) is 8.65. The maximum Gasteiger partial charge on any atom is 0.233 e. The molecule has 1 aromatic carbocycles. The first-order valence-electron chi connectivity index (χ1n) is 10.4. The van der Waals surface area contributed by atoms with Crippen molar-refractivity contribution in [3.63, 3.8) is 0 Å². The predicted octanol–water partition coefficient (Wildman–Crippen LogP) is 4.63. The van der Waals surface area contributed by atoms with Crippen LogP contribution in [0.5, 0.6) is 5.75 Å². The van der Waals surface area contributed by atoms with Crippen LogP contribution in [0.25, 0.3) is 11.4 Å². The van der Waals surface area contributed by atoms with Gasteiger partial charge in [-0.15, -0.1) is 16.8 Å². The molecule has 160 valence electrons. The van der Waals surface area contributed by atoms with Gasteiger partial charge in [-0.1, -0.05) is 29.5 Å². The standard InChI is InChI=1S/C23H30N4O2S/c1-4-16-27-21(19-10-12-20(29-3)13-11-19)25-26-23(27)30-17(2)22(28)24-15-14-18-8-6-5-7-9-18/h4,8,10-13,17H,1,5-7,9,14-16H2,2-3H3,(H,24,28)/t17-/m1/s1. The lowest BCUT2D eigenvalue weighted by atomic mass is 9.97. The molecule has 6 nitrogen and oxygen atoms in total. The van der Waals surface area contributed by atoms with Crippen molar-refractivity contribution in [1.29, 1.82) is 0 Å². The third-order valence-electron chi connectivity index (χ3n) is 5.16. The van der Waals surface area contributed by atoms with Crippen LogP contribution in [0.3, 0.4) is 0 Å². The van der Waals surface area contributed by atoms with Crippen LogP contribution in [0.4, 0.5) is 0 Å². The molecular formula is C23H30N4O2S. The average molecular weight is 427 g/mol. The fourth-order valence-electron chi connectivity index (χ4n) is 3.46. The Morgan fingerprint density at radius 1 is 1.33 bits per heavy atom. The lowest BCUT2D eigenvalue weighted by molar-refractivity contribution is -0.120. The Hall–Kier alpha value is -2.54. The number of rotatable bonds is 10.